The van der Waals surface area contributed by atoms with E-state index in [9.17, 15) is 9.59 Å². The predicted octanol–water partition coefficient (Wildman–Crippen LogP) is 1.86. The number of nitrogens with one attached hydrogen (secondary N) is 1. The van der Waals surface area contributed by atoms with E-state index in [1.807, 2.05) is 32.0 Å². The van der Waals surface area contributed by atoms with Crippen LogP contribution in [0.1, 0.15) is 11.1 Å². The van der Waals surface area contributed by atoms with Crippen LogP contribution in [0.15, 0.2) is 18.2 Å². The molecule has 5 nitrogen and oxygen atoms in total. The summed E-state index contributed by atoms with van der Waals surface area (Å²) in [6, 6.07) is 5.12. The van der Waals surface area contributed by atoms with Gasteiger partial charge in [-0.05, 0) is 31.0 Å². The molecular weight excluding hydrogens is 244 g/mol. The lowest BCUT2D eigenvalue weighted by Gasteiger charge is -2.19. The lowest BCUT2D eigenvalue weighted by atomic mass is 10.1. The van der Waals surface area contributed by atoms with Gasteiger partial charge in [0.1, 0.15) is 6.54 Å². The lowest BCUT2D eigenvalue weighted by molar-refractivity contribution is -0.137. The molecule has 5 heteroatoms. The maximum absolute atomic E-state index is 12.0. The van der Waals surface area contributed by atoms with Crippen LogP contribution < -0.4 is 5.32 Å². The van der Waals surface area contributed by atoms with Gasteiger partial charge in [0.25, 0.3) is 0 Å². The number of aliphatic carboxylic acids is 1. The van der Waals surface area contributed by atoms with Crippen LogP contribution in [0.4, 0.5) is 10.5 Å². The van der Waals surface area contributed by atoms with Crippen molar-refractivity contribution >= 4 is 17.7 Å². The fourth-order valence-corrected chi connectivity index (χ4v) is 1.54. The van der Waals surface area contributed by atoms with E-state index in [4.69, 9.17) is 11.5 Å². The first kappa shape index (κ1) is 14.6. The molecule has 2 N–H and O–H groups in total. The zero-order chi connectivity index (χ0) is 14.4. The third kappa shape index (κ3) is 4.36. The molecule has 2 amide bonds. The van der Waals surface area contributed by atoms with E-state index in [2.05, 4.69) is 11.2 Å². The molecule has 0 saturated carbocycles. The molecule has 100 valence electrons. The second-order valence-corrected chi connectivity index (χ2v) is 4.20. The molecule has 0 atom stereocenters. The van der Waals surface area contributed by atoms with Crippen molar-refractivity contribution in [1.29, 1.82) is 0 Å². The molecule has 1 aromatic rings. The van der Waals surface area contributed by atoms with Crippen LogP contribution in [0.5, 0.6) is 0 Å². The minimum Gasteiger partial charge on any atom is -0.480 e. The fraction of sp³-hybridized carbons (Fsp3) is 0.286. The van der Waals surface area contributed by atoms with Crippen molar-refractivity contribution < 1.29 is 14.7 Å². The van der Waals surface area contributed by atoms with Gasteiger partial charge < -0.3 is 15.3 Å². The third-order valence-corrected chi connectivity index (χ3v) is 2.53. The van der Waals surface area contributed by atoms with E-state index < -0.39 is 18.5 Å². The van der Waals surface area contributed by atoms with Crippen LogP contribution in [-0.4, -0.2) is 35.1 Å². The van der Waals surface area contributed by atoms with Crippen LogP contribution in [0.3, 0.4) is 0 Å². The summed E-state index contributed by atoms with van der Waals surface area (Å²) in [5.41, 5.74) is 2.55. The van der Waals surface area contributed by atoms with Crippen molar-refractivity contribution in [3.05, 3.63) is 29.3 Å². The number of nitrogens with zero attached hydrogens (tertiary/aromatic N) is 1. The van der Waals surface area contributed by atoms with E-state index in [1.165, 1.54) is 0 Å². The topological polar surface area (TPSA) is 69.6 Å². The maximum Gasteiger partial charge on any atom is 0.323 e. The van der Waals surface area contributed by atoms with Gasteiger partial charge in [-0.1, -0.05) is 18.1 Å². The van der Waals surface area contributed by atoms with E-state index in [0.717, 1.165) is 16.0 Å². The number of urea groups is 1. The number of hydrogen-bond acceptors (Lipinski definition) is 2. The molecule has 0 aromatic heterocycles. The molecular formula is C14H16N2O3. The summed E-state index contributed by atoms with van der Waals surface area (Å²) < 4.78 is 0. The maximum atomic E-state index is 12.0. The number of carbonyl (C=O) groups excluding carboxylic acids is 1. The molecule has 0 heterocycles. The minimum atomic E-state index is -1.11. The molecule has 0 aliphatic rings. The molecule has 0 saturated heterocycles. The predicted molar refractivity (Wildman–Crippen MR) is 73.0 cm³/mol. The van der Waals surface area contributed by atoms with Crippen molar-refractivity contribution in [2.45, 2.75) is 13.8 Å². The molecule has 1 aromatic carbocycles. The summed E-state index contributed by atoms with van der Waals surface area (Å²) >= 11 is 0. The number of carboxylic acid groups (broad SMARTS) is 1. The summed E-state index contributed by atoms with van der Waals surface area (Å²) in [5.74, 6) is 1.16. The molecule has 0 fully saturated rings. The van der Waals surface area contributed by atoms with Crippen LogP contribution in [0.2, 0.25) is 0 Å². The number of benzene rings is 1. The highest BCUT2D eigenvalue weighted by atomic mass is 16.4. The molecule has 0 radical (unpaired) electrons. The van der Waals surface area contributed by atoms with Crippen molar-refractivity contribution in [3.8, 4) is 12.3 Å². The van der Waals surface area contributed by atoms with Crippen LogP contribution in [-0.2, 0) is 4.79 Å². The van der Waals surface area contributed by atoms with Gasteiger partial charge in [0.15, 0.2) is 0 Å². The Labute approximate surface area is 112 Å². The molecule has 0 unspecified atom stereocenters. The Balaban J connectivity index is 2.84. The Bertz CT molecular complexity index is 532. The second-order valence-electron chi connectivity index (χ2n) is 4.20. The summed E-state index contributed by atoms with van der Waals surface area (Å²) in [6.07, 6.45) is 5.13. The highest BCUT2D eigenvalue weighted by Gasteiger charge is 2.16. The Morgan fingerprint density at radius 3 is 2.68 bits per heavy atom. The molecule has 0 spiro atoms. The zero-order valence-electron chi connectivity index (χ0n) is 10.9. The standard InChI is InChI=1S/C14H16N2O3/c1-4-7-16(9-13(17)18)14(19)15-12-8-10(2)5-6-11(12)3/h1,5-6,8H,7,9H2,2-3H3,(H,15,19)(H,17,18). The highest BCUT2D eigenvalue weighted by Crippen LogP contribution is 2.16. The monoisotopic (exact) mass is 260 g/mol. The van der Waals surface area contributed by atoms with Gasteiger partial charge in [-0.3, -0.25) is 4.79 Å². The van der Waals surface area contributed by atoms with E-state index in [0.29, 0.717) is 5.69 Å². The summed E-state index contributed by atoms with van der Waals surface area (Å²) in [4.78, 5) is 23.7. The van der Waals surface area contributed by atoms with Crippen molar-refractivity contribution in [2.24, 2.45) is 0 Å². The van der Waals surface area contributed by atoms with Gasteiger partial charge >= 0.3 is 12.0 Å². The molecule has 0 aliphatic carbocycles. The van der Waals surface area contributed by atoms with Crippen molar-refractivity contribution in [3.63, 3.8) is 0 Å². The first-order chi connectivity index (χ1) is 8.93. The normalized spacial score (nSPS) is 9.53. The number of rotatable bonds is 4. The smallest absolute Gasteiger partial charge is 0.323 e. The number of carbonyl (C=O) groups is 2. The van der Waals surface area contributed by atoms with Gasteiger partial charge in [-0.25, -0.2) is 4.79 Å². The zero-order valence-corrected chi connectivity index (χ0v) is 10.9. The highest BCUT2D eigenvalue weighted by molar-refractivity contribution is 5.92. The number of aryl methyl sites for hydroxylation is 2. The van der Waals surface area contributed by atoms with E-state index in [1.54, 1.807) is 0 Å². The van der Waals surface area contributed by atoms with Crippen LogP contribution in [0.25, 0.3) is 0 Å². The Hall–Kier alpha value is -2.48. The number of amides is 2. The SMILES string of the molecule is C#CCN(CC(=O)O)C(=O)Nc1cc(C)ccc1C. The first-order valence-electron chi connectivity index (χ1n) is 5.72. The second kappa shape index (κ2) is 6.45. The quantitative estimate of drug-likeness (QED) is 0.812. The van der Waals surface area contributed by atoms with Gasteiger partial charge in [0.2, 0.25) is 0 Å². The minimum absolute atomic E-state index is 0.0526. The van der Waals surface area contributed by atoms with Crippen molar-refractivity contribution in [2.75, 3.05) is 18.4 Å². The third-order valence-electron chi connectivity index (χ3n) is 2.53. The van der Waals surface area contributed by atoms with Crippen LogP contribution >= 0.6 is 0 Å². The number of carboxylic acids is 1. The van der Waals surface area contributed by atoms with Gasteiger partial charge in [0, 0.05) is 5.69 Å². The average Bonchev–Trinajstić information content (AvgIpc) is 2.32. The fourth-order valence-electron chi connectivity index (χ4n) is 1.54. The molecule has 0 aliphatic heterocycles. The molecule has 19 heavy (non-hydrogen) atoms. The Morgan fingerprint density at radius 2 is 2.11 bits per heavy atom. The summed E-state index contributed by atoms with van der Waals surface area (Å²) in [6.45, 7) is 3.28. The van der Waals surface area contributed by atoms with E-state index in [-0.39, 0.29) is 6.54 Å². The van der Waals surface area contributed by atoms with Crippen molar-refractivity contribution in [1.82, 2.24) is 4.90 Å². The van der Waals surface area contributed by atoms with E-state index >= 15 is 0 Å². The number of terminal acetylenes is 1. The number of hydrogen-bond donors (Lipinski definition) is 2. The van der Waals surface area contributed by atoms with Gasteiger partial charge in [-0.15, -0.1) is 6.42 Å². The van der Waals surface area contributed by atoms with Gasteiger partial charge in [0.05, 0.1) is 6.54 Å². The van der Waals surface area contributed by atoms with Gasteiger partial charge in [-0.2, -0.15) is 0 Å². The Kier molecular flexibility index (Phi) is 4.95. The Morgan fingerprint density at radius 1 is 1.42 bits per heavy atom. The lowest BCUT2D eigenvalue weighted by Crippen LogP contribution is -2.39. The summed E-state index contributed by atoms with van der Waals surface area (Å²) in [7, 11) is 0. The number of anilines is 1. The molecule has 1 rings (SSSR count). The average molecular weight is 260 g/mol. The first-order valence-corrected chi connectivity index (χ1v) is 5.72. The molecule has 0 bridgehead atoms. The largest absolute Gasteiger partial charge is 0.480 e. The summed E-state index contributed by atoms with van der Waals surface area (Å²) in [5, 5.41) is 11.4. The van der Waals surface area contributed by atoms with Crippen LogP contribution in [0, 0.1) is 26.2 Å².